The number of unbranched alkanes of at least 4 members (excludes halogenated alkanes) is 39. The third kappa shape index (κ3) is 64.6. The van der Waals surface area contributed by atoms with Gasteiger partial charge in [-0.25, -0.2) is 9.13 Å². The van der Waals surface area contributed by atoms with Crippen molar-refractivity contribution in [2.24, 2.45) is 11.8 Å². The highest BCUT2D eigenvalue weighted by atomic mass is 31.2. The predicted octanol–water partition coefficient (Wildman–Crippen LogP) is 20.0. The van der Waals surface area contributed by atoms with Gasteiger partial charge >= 0.3 is 39.5 Å². The quantitative estimate of drug-likeness (QED) is 0.0222. The predicted molar refractivity (Wildman–Crippen MR) is 358 cm³/mol. The van der Waals surface area contributed by atoms with E-state index in [0.29, 0.717) is 25.7 Å². The lowest BCUT2D eigenvalue weighted by Crippen LogP contribution is -2.30. The Labute approximate surface area is 543 Å². The van der Waals surface area contributed by atoms with Crippen LogP contribution in [0.2, 0.25) is 0 Å². The van der Waals surface area contributed by atoms with Crippen molar-refractivity contribution in [3.63, 3.8) is 0 Å². The standard InChI is InChI=1S/C70H136O17P2/c1-7-9-11-13-15-17-29-36-42-48-54-69(74)86-65(58-80-67(72)52-46-40-34-26-16-14-12-10-8-2)60-84-88(76,77)82-56-64(71)57-83-89(78,79)85-61-66(59-81-68(73)53-47-41-35-30-25-24-28-33-39-45-51-63(5)6)87-70(75)55-49-43-37-31-23-21-19-18-20-22-27-32-38-44-50-62(3)4/h62-66,71H,7-61H2,1-6H3,(H,76,77)(H,78,79)/t64-,65+,66+/m0/s1. The molecule has 5 atom stereocenters. The summed E-state index contributed by atoms with van der Waals surface area (Å²) >= 11 is 0. The Morgan fingerprint density at radius 3 is 0.764 bits per heavy atom. The largest absolute Gasteiger partial charge is 0.472 e. The third-order valence-corrected chi connectivity index (χ3v) is 18.1. The molecule has 0 aromatic rings. The smallest absolute Gasteiger partial charge is 0.462 e. The molecule has 0 fully saturated rings. The van der Waals surface area contributed by atoms with E-state index >= 15 is 0 Å². The highest BCUT2D eigenvalue weighted by Gasteiger charge is 2.30. The molecule has 17 nitrogen and oxygen atoms in total. The number of phosphoric acid groups is 2. The first-order valence-electron chi connectivity index (χ1n) is 36.5. The van der Waals surface area contributed by atoms with E-state index < -0.39 is 97.5 Å². The Hall–Kier alpha value is -1.94. The van der Waals surface area contributed by atoms with Crippen LogP contribution in [0.15, 0.2) is 0 Å². The number of hydrogen-bond acceptors (Lipinski definition) is 15. The van der Waals surface area contributed by atoms with Gasteiger partial charge in [0.25, 0.3) is 0 Å². The van der Waals surface area contributed by atoms with E-state index in [1.165, 1.54) is 173 Å². The van der Waals surface area contributed by atoms with Gasteiger partial charge in [0.1, 0.15) is 19.3 Å². The number of aliphatic hydroxyl groups excluding tert-OH is 1. The summed E-state index contributed by atoms with van der Waals surface area (Å²) in [5.74, 6) is -0.571. The second kappa shape index (κ2) is 62.2. The van der Waals surface area contributed by atoms with E-state index in [-0.39, 0.29) is 25.7 Å². The first-order valence-corrected chi connectivity index (χ1v) is 39.5. The summed E-state index contributed by atoms with van der Waals surface area (Å²) < 4.78 is 68.2. The van der Waals surface area contributed by atoms with E-state index in [2.05, 4.69) is 41.5 Å². The lowest BCUT2D eigenvalue weighted by Gasteiger charge is -2.21. The van der Waals surface area contributed by atoms with Crippen molar-refractivity contribution in [2.75, 3.05) is 39.6 Å². The molecule has 0 aliphatic carbocycles. The number of phosphoric ester groups is 2. The number of aliphatic hydroxyl groups is 1. The van der Waals surface area contributed by atoms with Gasteiger partial charge < -0.3 is 33.8 Å². The van der Waals surface area contributed by atoms with Crippen LogP contribution in [0.25, 0.3) is 0 Å². The summed E-state index contributed by atoms with van der Waals surface area (Å²) in [5, 5.41) is 10.6. The van der Waals surface area contributed by atoms with Gasteiger partial charge in [0.2, 0.25) is 0 Å². The van der Waals surface area contributed by atoms with Crippen molar-refractivity contribution < 1.29 is 80.2 Å². The molecule has 0 saturated heterocycles. The molecular weight excluding hydrogens is 1170 g/mol. The van der Waals surface area contributed by atoms with Crippen LogP contribution in [0.3, 0.4) is 0 Å². The lowest BCUT2D eigenvalue weighted by molar-refractivity contribution is -0.161. The molecule has 19 heteroatoms. The average Bonchev–Trinajstić information content (AvgIpc) is 3.71. The van der Waals surface area contributed by atoms with Crippen LogP contribution in [0, 0.1) is 11.8 Å². The second-order valence-electron chi connectivity index (χ2n) is 26.2. The Morgan fingerprint density at radius 2 is 0.517 bits per heavy atom. The van der Waals surface area contributed by atoms with Gasteiger partial charge in [-0.2, -0.15) is 0 Å². The van der Waals surface area contributed by atoms with Crippen LogP contribution in [0.4, 0.5) is 0 Å². The fourth-order valence-corrected chi connectivity index (χ4v) is 12.2. The second-order valence-corrected chi connectivity index (χ2v) is 29.1. The highest BCUT2D eigenvalue weighted by Crippen LogP contribution is 2.45. The molecule has 0 amide bonds. The number of carbonyl (C=O) groups excluding carboxylic acids is 4. The Bertz CT molecular complexity index is 1730. The zero-order chi connectivity index (χ0) is 65.7. The molecule has 528 valence electrons. The van der Waals surface area contributed by atoms with Crippen molar-refractivity contribution in [3.8, 4) is 0 Å². The van der Waals surface area contributed by atoms with Crippen molar-refractivity contribution in [1.82, 2.24) is 0 Å². The zero-order valence-electron chi connectivity index (χ0n) is 57.7. The minimum atomic E-state index is -4.95. The van der Waals surface area contributed by atoms with Crippen LogP contribution >= 0.6 is 15.6 Å². The maximum Gasteiger partial charge on any atom is 0.472 e. The van der Waals surface area contributed by atoms with Gasteiger partial charge in [-0.15, -0.1) is 0 Å². The summed E-state index contributed by atoms with van der Waals surface area (Å²) in [6, 6.07) is 0. The summed E-state index contributed by atoms with van der Waals surface area (Å²) in [5.41, 5.74) is 0. The van der Waals surface area contributed by atoms with Gasteiger partial charge in [-0.3, -0.25) is 37.3 Å². The summed E-state index contributed by atoms with van der Waals surface area (Å²) in [6.07, 6.45) is 47.1. The molecule has 0 rings (SSSR count). The third-order valence-electron chi connectivity index (χ3n) is 16.2. The lowest BCUT2D eigenvalue weighted by atomic mass is 10.0. The van der Waals surface area contributed by atoms with Crippen molar-refractivity contribution in [1.29, 1.82) is 0 Å². The Balaban J connectivity index is 5.22. The molecule has 0 aromatic carbocycles. The number of esters is 4. The molecule has 0 spiro atoms. The van der Waals surface area contributed by atoms with Gasteiger partial charge in [-0.1, -0.05) is 305 Å². The Kier molecular flexibility index (Phi) is 60.8. The number of carbonyl (C=O) groups is 4. The van der Waals surface area contributed by atoms with Gasteiger partial charge in [-0.05, 0) is 37.5 Å². The van der Waals surface area contributed by atoms with Gasteiger partial charge in [0.15, 0.2) is 12.2 Å². The van der Waals surface area contributed by atoms with Crippen molar-refractivity contribution in [3.05, 3.63) is 0 Å². The molecule has 0 aliphatic heterocycles. The highest BCUT2D eigenvalue weighted by molar-refractivity contribution is 7.47. The minimum Gasteiger partial charge on any atom is -0.462 e. The molecule has 0 aliphatic rings. The van der Waals surface area contributed by atoms with Gasteiger partial charge in [0, 0.05) is 25.7 Å². The summed E-state index contributed by atoms with van der Waals surface area (Å²) in [6.45, 7) is 9.54. The average molecular weight is 1310 g/mol. The Morgan fingerprint density at radius 1 is 0.303 bits per heavy atom. The van der Waals surface area contributed by atoms with E-state index in [0.717, 1.165) is 102 Å². The SMILES string of the molecule is CCCCCCCCCCCCC(=O)O[C@H](COC(=O)CCCCCCCCCCC)COP(=O)(O)OC[C@H](O)COP(=O)(O)OC[C@@H](COC(=O)CCCCCCCCCCCCC(C)C)OC(=O)CCCCCCCCCCCCCCCCC(C)C. The van der Waals surface area contributed by atoms with Crippen LogP contribution in [-0.2, 0) is 65.4 Å². The summed E-state index contributed by atoms with van der Waals surface area (Å²) in [4.78, 5) is 72.5. The number of hydrogen-bond donors (Lipinski definition) is 3. The summed E-state index contributed by atoms with van der Waals surface area (Å²) in [7, 11) is -9.90. The van der Waals surface area contributed by atoms with E-state index in [9.17, 15) is 43.2 Å². The molecular formula is C70H136O17P2. The first kappa shape index (κ1) is 87.1. The first-order chi connectivity index (χ1) is 42.9. The maximum atomic E-state index is 13.0. The fraction of sp³-hybridized carbons (Fsp3) is 0.943. The maximum absolute atomic E-state index is 13.0. The van der Waals surface area contributed by atoms with Crippen LogP contribution in [0.1, 0.15) is 356 Å². The molecule has 89 heavy (non-hydrogen) atoms. The van der Waals surface area contributed by atoms with Crippen LogP contribution in [-0.4, -0.2) is 96.7 Å². The molecule has 0 aromatic heterocycles. The van der Waals surface area contributed by atoms with Gasteiger partial charge in [0.05, 0.1) is 26.4 Å². The molecule has 0 bridgehead atoms. The molecule has 0 radical (unpaired) electrons. The number of rotatable bonds is 69. The number of ether oxygens (including phenoxy) is 4. The topological polar surface area (TPSA) is 237 Å². The molecule has 0 saturated carbocycles. The van der Waals surface area contributed by atoms with E-state index in [1.54, 1.807) is 0 Å². The minimum absolute atomic E-state index is 0.106. The van der Waals surface area contributed by atoms with Crippen LogP contribution in [0.5, 0.6) is 0 Å². The van der Waals surface area contributed by atoms with E-state index in [1.807, 2.05) is 0 Å². The van der Waals surface area contributed by atoms with Crippen molar-refractivity contribution >= 4 is 39.5 Å². The fourth-order valence-electron chi connectivity index (χ4n) is 10.6. The molecule has 3 N–H and O–H groups in total. The monoisotopic (exact) mass is 1310 g/mol. The molecule has 0 heterocycles. The van der Waals surface area contributed by atoms with Crippen LogP contribution < -0.4 is 0 Å². The van der Waals surface area contributed by atoms with Crippen molar-refractivity contribution in [2.45, 2.75) is 374 Å². The molecule has 2 unspecified atom stereocenters. The zero-order valence-corrected chi connectivity index (χ0v) is 59.5. The van der Waals surface area contributed by atoms with E-state index in [4.69, 9.17) is 37.0 Å². The normalized spacial score (nSPS) is 14.1.